The summed E-state index contributed by atoms with van der Waals surface area (Å²) in [4.78, 5) is 0. The van der Waals surface area contributed by atoms with E-state index in [9.17, 15) is 0 Å². The molecule has 3 nitrogen and oxygen atoms in total. The zero-order valence-electron chi connectivity index (χ0n) is 10.1. The molecular weight excluding hydrogens is 200 g/mol. The quantitative estimate of drug-likeness (QED) is 0.608. The highest BCUT2D eigenvalue weighted by Crippen LogP contribution is 2.24. The Morgan fingerprint density at radius 1 is 1.31 bits per heavy atom. The summed E-state index contributed by atoms with van der Waals surface area (Å²) < 4.78 is 5.12. The van der Waals surface area contributed by atoms with Gasteiger partial charge in [0.15, 0.2) is 0 Å². The molecule has 0 radical (unpaired) electrons. The highest BCUT2D eigenvalue weighted by atomic mass is 16.5. The molecular formula is C13H18N2O. The number of rotatable bonds is 5. The van der Waals surface area contributed by atoms with Gasteiger partial charge in [0.05, 0.1) is 19.7 Å². The Kier molecular flexibility index (Phi) is 4.33. The first-order valence-electron chi connectivity index (χ1n) is 5.32. The number of nitriles is 1. The van der Waals surface area contributed by atoms with Gasteiger partial charge >= 0.3 is 0 Å². The van der Waals surface area contributed by atoms with Crippen LogP contribution in [0.15, 0.2) is 24.3 Å². The number of benzene rings is 1. The van der Waals surface area contributed by atoms with E-state index in [1.54, 1.807) is 7.11 Å². The Morgan fingerprint density at radius 3 is 2.44 bits per heavy atom. The number of methoxy groups -OCH3 is 1. The van der Waals surface area contributed by atoms with Crippen LogP contribution in [0.4, 0.5) is 0 Å². The number of nitrogens with zero attached hydrogens (tertiary/aromatic N) is 1. The van der Waals surface area contributed by atoms with Crippen LogP contribution in [0, 0.1) is 11.3 Å². The van der Waals surface area contributed by atoms with E-state index in [4.69, 9.17) is 10.00 Å². The second kappa shape index (κ2) is 5.53. The Morgan fingerprint density at radius 2 is 1.94 bits per heavy atom. The minimum Gasteiger partial charge on any atom is -0.497 e. The molecule has 0 fully saturated rings. The maximum Gasteiger partial charge on any atom is 0.118 e. The first-order valence-corrected chi connectivity index (χ1v) is 5.32. The van der Waals surface area contributed by atoms with Crippen molar-refractivity contribution in [3.8, 4) is 11.8 Å². The Labute approximate surface area is 97.0 Å². The van der Waals surface area contributed by atoms with Crippen LogP contribution in [0.2, 0.25) is 0 Å². The van der Waals surface area contributed by atoms with E-state index in [-0.39, 0.29) is 5.41 Å². The lowest BCUT2D eigenvalue weighted by molar-refractivity contribution is 0.413. The van der Waals surface area contributed by atoms with Gasteiger partial charge in [0.1, 0.15) is 5.75 Å². The maximum absolute atomic E-state index is 8.47. The van der Waals surface area contributed by atoms with E-state index in [1.165, 1.54) is 5.56 Å². The number of nitrogens with one attached hydrogen (secondary N) is 1. The molecule has 0 aromatic heterocycles. The van der Waals surface area contributed by atoms with Gasteiger partial charge in [0.25, 0.3) is 0 Å². The molecule has 0 unspecified atom stereocenters. The van der Waals surface area contributed by atoms with Crippen molar-refractivity contribution in [3.05, 3.63) is 29.8 Å². The molecule has 0 aliphatic rings. The molecule has 0 heterocycles. The lowest BCUT2D eigenvalue weighted by Gasteiger charge is -2.25. The van der Waals surface area contributed by atoms with Crippen molar-refractivity contribution in [2.45, 2.75) is 19.3 Å². The molecule has 3 heteroatoms. The fraction of sp³-hybridized carbons (Fsp3) is 0.462. The van der Waals surface area contributed by atoms with Crippen LogP contribution in [0.3, 0.4) is 0 Å². The van der Waals surface area contributed by atoms with Crippen molar-refractivity contribution in [2.24, 2.45) is 0 Å². The summed E-state index contributed by atoms with van der Waals surface area (Å²) in [6.45, 7) is 5.48. The van der Waals surface area contributed by atoms with Gasteiger partial charge in [0.2, 0.25) is 0 Å². The van der Waals surface area contributed by atoms with E-state index in [1.807, 2.05) is 12.1 Å². The molecule has 0 bridgehead atoms. The molecule has 0 atom stereocenters. The molecule has 86 valence electrons. The Balaban J connectivity index is 2.69. The topological polar surface area (TPSA) is 45.0 Å². The van der Waals surface area contributed by atoms with Gasteiger partial charge in [-0.15, -0.1) is 0 Å². The van der Waals surface area contributed by atoms with Crippen molar-refractivity contribution in [1.82, 2.24) is 5.32 Å². The molecule has 1 rings (SSSR count). The third kappa shape index (κ3) is 3.25. The average Bonchev–Trinajstić information content (AvgIpc) is 2.29. The Hall–Kier alpha value is -1.53. The summed E-state index contributed by atoms with van der Waals surface area (Å²) in [7, 11) is 1.66. The highest BCUT2D eigenvalue weighted by Gasteiger charge is 2.19. The fourth-order valence-corrected chi connectivity index (χ4v) is 1.58. The first kappa shape index (κ1) is 12.5. The smallest absolute Gasteiger partial charge is 0.118 e. The maximum atomic E-state index is 8.47. The van der Waals surface area contributed by atoms with Crippen LogP contribution in [-0.4, -0.2) is 20.2 Å². The predicted octanol–water partition coefficient (Wildman–Crippen LogP) is 2.09. The van der Waals surface area contributed by atoms with E-state index >= 15 is 0 Å². The second-order valence-corrected chi connectivity index (χ2v) is 4.37. The third-order valence-corrected chi connectivity index (χ3v) is 2.64. The molecule has 0 saturated carbocycles. The van der Waals surface area contributed by atoms with Crippen LogP contribution in [-0.2, 0) is 5.41 Å². The van der Waals surface area contributed by atoms with Gasteiger partial charge in [-0.2, -0.15) is 5.26 Å². The normalized spacial score (nSPS) is 10.9. The number of hydrogen-bond acceptors (Lipinski definition) is 3. The van der Waals surface area contributed by atoms with Crippen LogP contribution < -0.4 is 10.1 Å². The van der Waals surface area contributed by atoms with Crippen LogP contribution in [0.1, 0.15) is 19.4 Å². The molecule has 1 N–H and O–H groups in total. The third-order valence-electron chi connectivity index (χ3n) is 2.64. The van der Waals surface area contributed by atoms with Gasteiger partial charge in [-0.05, 0) is 17.7 Å². The van der Waals surface area contributed by atoms with E-state index in [0.717, 1.165) is 12.3 Å². The van der Waals surface area contributed by atoms with Gasteiger partial charge < -0.3 is 10.1 Å². The predicted molar refractivity (Wildman–Crippen MR) is 64.5 cm³/mol. The first-order chi connectivity index (χ1) is 7.60. The standard InChI is InChI=1S/C13H18N2O/c1-13(2,10-15-9-8-14)11-4-6-12(16-3)7-5-11/h4-7,15H,9-10H2,1-3H3. The molecule has 16 heavy (non-hydrogen) atoms. The molecule has 1 aromatic carbocycles. The van der Waals surface area contributed by atoms with Gasteiger partial charge in [0, 0.05) is 12.0 Å². The zero-order chi connectivity index (χ0) is 12.0. The second-order valence-electron chi connectivity index (χ2n) is 4.37. The Bertz CT molecular complexity index is 363. The molecule has 0 spiro atoms. The average molecular weight is 218 g/mol. The van der Waals surface area contributed by atoms with Crippen LogP contribution in [0.5, 0.6) is 5.75 Å². The minimum absolute atomic E-state index is 0.0170. The summed E-state index contributed by atoms with van der Waals surface area (Å²) in [6.07, 6.45) is 0. The van der Waals surface area contributed by atoms with Crippen molar-refractivity contribution in [1.29, 1.82) is 5.26 Å². The zero-order valence-corrected chi connectivity index (χ0v) is 10.1. The molecule has 0 amide bonds. The fourth-order valence-electron chi connectivity index (χ4n) is 1.58. The van der Waals surface area contributed by atoms with E-state index < -0.39 is 0 Å². The van der Waals surface area contributed by atoms with E-state index in [0.29, 0.717) is 6.54 Å². The largest absolute Gasteiger partial charge is 0.497 e. The van der Waals surface area contributed by atoms with Crippen molar-refractivity contribution in [2.75, 3.05) is 20.2 Å². The van der Waals surface area contributed by atoms with Crippen molar-refractivity contribution in [3.63, 3.8) is 0 Å². The summed E-state index contributed by atoms with van der Waals surface area (Å²) in [5.41, 5.74) is 1.25. The van der Waals surface area contributed by atoms with Crippen LogP contribution >= 0.6 is 0 Å². The molecule has 0 saturated heterocycles. The monoisotopic (exact) mass is 218 g/mol. The van der Waals surface area contributed by atoms with Crippen molar-refractivity contribution >= 4 is 0 Å². The van der Waals surface area contributed by atoms with Gasteiger partial charge in [-0.25, -0.2) is 0 Å². The number of hydrogen-bond donors (Lipinski definition) is 1. The molecule has 0 aliphatic heterocycles. The lowest BCUT2D eigenvalue weighted by atomic mass is 9.84. The molecule has 0 aliphatic carbocycles. The van der Waals surface area contributed by atoms with Gasteiger partial charge in [-0.3, -0.25) is 0 Å². The number of ether oxygens (including phenoxy) is 1. The van der Waals surface area contributed by atoms with E-state index in [2.05, 4.69) is 37.4 Å². The summed E-state index contributed by atoms with van der Waals surface area (Å²) in [5.74, 6) is 0.865. The highest BCUT2D eigenvalue weighted by molar-refractivity contribution is 5.31. The SMILES string of the molecule is COc1ccc(C(C)(C)CNCC#N)cc1. The minimum atomic E-state index is 0.0170. The summed E-state index contributed by atoms with van der Waals surface area (Å²) >= 11 is 0. The van der Waals surface area contributed by atoms with Crippen molar-refractivity contribution < 1.29 is 4.74 Å². The summed E-state index contributed by atoms with van der Waals surface area (Å²) in [5, 5.41) is 11.6. The summed E-state index contributed by atoms with van der Waals surface area (Å²) in [6, 6.07) is 10.1. The van der Waals surface area contributed by atoms with Gasteiger partial charge in [-0.1, -0.05) is 26.0 Å². The van der Waals surface area contributed by atoms with Crippen LogP contribution in [0.25, 0.3) is 0 Å². The lowest BCUT2D eigenvalue weighted by Crippen LogP contribution is -2.33. The molecule has 1 aromatic rings.